The lowest BCUT2D eigenvalue weighted by molar-refractivity contribution is 0.0982. The molecule has 2 aromatic rings. The molecule has 0 spiro atoms. The number of benzene rings is 2. The van der Waals surface area contributed by atoms with Crippen LogP contribution in [0.3, 0.4) is 0 Å². The number of ether oxygens (including phenoxy) is 2. The Morgan fingerprint density at radius 1 is 1.10 bits per heavy atom. The lowest BCUT2D eigenvalue weighted by atomic mass is 10.0. The summed E-state index contributed by atoms with van der Waals surface area (Å²) in [5.41, 5.74) is 1.43. The number of phenolic OH excluding ortho intramolecular Hbond substituents is 1. The van der Waals surface area contributed by atoms with Gasteiger partial charge in [-0.05, 0) is 30.2 Å². The highest BCUT2D eigenvalue weighted by molar-refractivity contribution is 5.96. The van der Waals surface area contributed by atoms with E-state index in [1.165, 1.54) is 6.07 Å². The van der Waals surface area contributed by atoms with Gasteiger partial charge in [0.2, 0.25) is 0 Å². The Kier molecular flexibility index (Phi) is 4.82. The lowest BCUT2D eigenvalue weighted by Gasteiger charge is -2.12. The molecule has 21 heavy (non-hydrogen) atoms. The second-order valence-electron chi connectivity index (χ2n) is 4.63. The number of Topliss-reactive ketones (excluding diaryl/α,β-unsaturated/α-hetero) is 1. The molecule has 110 valence electrons. The van der Waals surface area contributed by atoms with Gasteiger partial charge in [-0.1, -0.05) is 24.3 Å². The summed E-state index contributed by atoms with van der Waals surface area (Å²) in [4.78, 5) is 12.1. The highest BCUT2D eigenvalue weighted by Crippen LogP contribution is 2.31. The van der Waals surface area contributed by atoms with Gasteiger partial charge in [0.15, 0.2) is 17.3 Å². The molecule has 0 fully saturated rings. The van der Waals surface area contributed by atoms with Crippen molar-refractivity contribution < 1.29 is 19.4 Å². The summed E-state index contributed by atoms with van der Waals surface area (Å²) in [7, 11) is 3.16. The van der Waals surface area contributed by atoms with Crippen molar-refractivity contribution in [3.8, 4) is 17.2 Å². The average Bonchev–Trinajstić information content (AvgIpc) is 2.51. The number of para-hydroxylation sites is 1. The number of methoxy groups -OCH3 is 2. The van der Waals surface area contributed by atoms with E-state index >= 15 is 0 Å². The molecule has 0 aliphatic carbocycles. The molecule has 0 aliphatic rings. The van der Waals surface area contributed by atoms with E-state index in [1.54, 1.807) is 32.4 Å². The zero-order chi connectivity index (χ0) is 15.2. The molecule has 1 N–H and O–H groups in total. The number of rotatable bonds is 6. The van der Waals surface area contributed by atoms with Crippen molar-refractivity contribution in [1.82, 2.24) is 0 Å². The Bertz CT molecular complexity index is 634. The topological polar surface area (TPSA) is 55.8 Å². The van der Waals surface area contributed by atoms with Gasteiger partial charge in [-0.15, -0.1) is 0 Å². The minimum atomic E-state index is -0.0178. The van der Waals surface area contributed by atoms with Crippen LogP contribution in [0.15, 0.2) is 42.5 Å². The minimum absolute atomic E-state index is 0.0178. The molecule has 0 aromatic heterocycles. The van der Waals surface area contributed by atoms with Crippen LogP contribution in [0.1, 0.15) is 22.3 Å². The van der Waals surface area contributed by atoms with Gasteiger partial charge >= 0.3 is 0 Å². The maximum atomic E-state index is 12.1. The summed E-state index contributed by atoms with van der Waals surface area (Å²) in [6, 6.07) is 12.0. The van der Waals surface area contributed by atoms with Crippen LogP contribution in [0.25, 0.3) is 0 Å². The first-order valence-electron chi connectivity index (χ1n) is 6.67. The van der Waals surface area contributed by atoms with E-state index in [4.69, 9.17) is 9.47 Å². The molecule has 0 amide bonds. The molecular formula is C17H18O4. The third-order valence-electron chi connectivity index (χ3n) is 3.27. The van der Waals surface area contributed by atoms with Crippen molar-refractivity contribution in [2.75, 3.05) is 14.2 Å². The first-order valence-corrected chi connectivity index (χ1v) is 6.67. The molecule has 0 aliphatic heterocycles. The molecular weight excluding hydrogens is 268 g/mol. The third-order valence-corrected chi connectivity index (χ3v) is 3.27. The van der Waals surface area contributed by atoms with Gasteiger partial charge in [-0.3, -0.25) is 4.79 Å². The lowest BCUT2D eigenvalue weighted by Crippen LogP contribution is -2.03. The van der Waals surface area contributed by atoms with E-state index < -0.39 is 0 Å². The fourth-order valence-corrected chi connectivity index (χ4v) is 2.22. The third kappa shape index (κ3) is 3.54. The number of hydrogen-bond acceptors (Lipinski definition) is 4. The van der Waals surface area contributed by atoms with Crippen molar-refractivity contribution in [1.29, 1.82) is 0 Å². The zero-order valence-corrected chi connectivity index (χ0v) is 12.1. The zero-order valence-electron chi connectivity index (χ0n) is 12.1. The van der Waals surface area contributed by atoms with Crippen LogP contribution in [0.4, 0.5) is 0 Å². The number of aryl methyl sites for hydroxylation is 1. The fraction of sp³-hybridized carbons (Fsp3) is 0.235. The molecule has 2 rings (SSSR count). The standard InChI is InChI=1S/C17H18O4/c1-20-16-8-4-5-12(17(16)21-2)9-10-15(19)13-6-3-7-14(18)11-13/h3-8,11,18H,9-10H2,1-2H3. The van der Waals surface area contributed by atoms with Crippen LogP contribution < -0.4 is 9.47 Å². The van der Waals surface area contributed by atoms with Crippen molar-refractivity contribution in [3.63, 3.8) is 0 Å². The maximum absolute atomic E-state index is 12.1. The Balaban J connectivity index is 2.11. The smallest absolute Gasteiger partial charge is 0.163 e. The van der Waals surface area contributed by atoms with Crippen LogP contribution in [0, 0.1) is 0 Å². The van der Waals surface area contributed by atoms with Crippen LogP contribution in [-0.2, 0) is 6.42 Å². The van der Waals surface area contributed by atoms with Crippen molar-refractivity contribution >= 4 is 5.78 Å². The number of ketones is 1. The first kappa shape index (κ1) is 14.9. The van der Waals surface area contributed by atoms with Crippen molar-refractivity contribution in [3.05, 3.63) is 53.6 Å². The highest BCUT2D eigenvalue weighted by Gasteiger charge is 2.12. The summed E-state index contributed by atoms with van der Waals surface area (Å²) in [6.07, 6.45) is 0.891. The van der Waals surface area contributed by atoms with E-state index in [0.717, 1.165) is 5.56 Å². The molecule has 0 saturated heterocycles. The quantitative estimate of drug-likeness (QED) is 0.828. The predicted octanol–water partition coefficient (Wildman–Crippen LogP) is 3.22. The number of aromatic hydroxyl groups is 1. The predicted molar refractivity (Wildman–Crippen MR) is 80.3 cm³/mol. The second kappa shape index (κ2) is 6.79. The summed E-state index contributed by atoms with van der Waals surface area (Å²) in [5, 5.41) is 9.41. The van der Waals surface area contributed by atoms with Crippen LogP contribution >= 0.6 is 0 Å². The first-order chi connectivity index (χ1) is 10.2. The largest absolute Gasteiger partial charge is 0.508 e. The van der Waals surface area contributed by atoms with Crippen molar-refractivity contribution in [2.24, 2.45) is 0 Å². The van der Waals surface area contributed by atoms with E-state index in [9.17, 15) is 9.90 Å². The maximum Gasteiger partial charge on any atom is 0.163 e. The van der Waals surface area contributed by atoms with Crippen LogP contribution in [0.2, 0.25) is 0 Å². The molecule has 0 bridgehead atoms. The van der Waals surface area contributed by atoms with Gasteiger partial charge in [0.1, 0.15) is 5.75 Å². The second-order valence-corrected chi connectivity index (χ2v) is 4.63. The molecule has 0 radical (unpaired) electrons. The molecule has 2 aromatic carbocycles. The van der Waals surface area contributed by atoms with E-state index in [1.807, 2.05) is 18.2 Å². The number of phenols is 1. The summed E-state index contributed by atoms with van der Waals surface area (Å²) in [5.74, 6) is 1.39. The van der Waals surface area contributed by atoms with Crippen LogP contribution in [0.5, 0.6) is 17.2 Å². The van der Waals surface area contributed by atoms with Gasteiger partial charge in [0, 0.05) is 12.0 Å². The van der Waals surface area contributed by atoms with E-state index in [-0.39, 0.29) is 11.5 Å². The summed E-state index contributed by atoms with van der Waals surface area (Å²) < 4.78 is 10.6. The molecule has 0 atom stereocenters. The minimum Gasteiger partial charge on any atom is -0.508 e. The Morgan fingerprint density at radius 3 is 2.52 bits per heavy atom. The summed E-state index contributed by atoms with van der Waals surface area (Å²) in [6.45, 7) is 0. The van der Waals surface area contributed by atoms with E-state index in [2.05, 4.69) is 0 Å². The Hall–Kier alpha value is -2.49. The van der Waals surface area contributed by atoms with Gasteiger partial charge in [-0.25, -0.2) is 0 Å². The van der Waals surface area contributed by atoms with Gasteiger partial charge in [-0.2, -0.15) is 0 Å². The Labute approximate surface area is 123 Å². The van der Waals surface area contributed by atoms with Crippen LogP contribution in [-0.4, -0.2) is 25.1 Å². The highest BCUT2D eigenvalue weighted by atomic mass is 16.5. The molecule has 0 saturated carbocycles. The molecule has 0 unspecified atom stereocenters. The normalized spacial score (nSPS) is 10.2. The fourth-order valence-electron chi connectivity index (χ4n) is 2.22. The average molecular weight is 286 g/mol. The van der Waals surface area contributed by atoms with Gasteiger partial charge in [0.05, 0.1) is 14.2 Å². The SMILES string of the molecule is COc1cccc(CCC(=O)c2cccc(O)c2)c1OC. The number of carbonyl (C=O) groups is 1. The monoisotopic (exact) mass is 286 g/mol. The Morgan fingerprint density at radius 2 is 1.86 bits per heavy atom. The van der Waals surface area contributed by atoms with Gasteiger partial charge in [0.25, 0.3) is 0 Å². The van der Waals surface area contributed by atoms with E-state index in [0.29, 0.717) is 29.9 Å². The molecule has 4 heteroatoms. The number of carbonyl (C=O) groups excluding carboxylic acids is 1. The summed E-state index contributed by atoms with van der Waals surface area (Å²) >= 11 is 0. The van der Waals surface area contributed by atoms with Crippen molar-refractivity contribution in [2.45, 2.75) is 12.8 Å². The number of hydrogen-bond donors (Lipinski definition) is 1. The molecule has 0 heterocycles. The van der Waals surface area contributed by atoms with Gasteiger partial charge < -0.3 is 14.6 Å². The molecule has 4 nitrogen and oxygen atoms in total.